The molecule has 84 valence electrons. The summed E-state index contributed by atoms with van der Waals surface area (Å²) in [6.45, 7) is -0.131. The molecule has 4 heteroatoms. The summed E-state index contributed by atoms with van der Waals surface area (Å²) < 4.78 is 5.08. The van der Waals surface area contributed by atoms with E-state index in [0.29, 0.717) is 17.6 Å². The van der Waals surface area contributed by atoms with E-state index in [2.05, 4.69) is 10.1 Å². The third-order valence-corrected chi connectivity index (χ3v) is 3.09. The number of hydrogen-bond donors (Lipinski definition) is 1. The van der Waals surface area contributed by atoms with E-state index in [1.54, 1.807) is 0 Å². The average Bonchev–Trinajstić information content (AvgIpc) is 2.54. The zero-order chi connectivity index (χ0) is 10.5. The van der Waals surface area contributed by atoms with Crippen molar-refractivity contribution in [3.05, 3.63) is 11.7 Å². The number of aliphatic hydroxyl groups is 1. The van der Waals surface area contributed by atoms with Crippen LogP contribution in [0.3, 0.4) is 0 Å². The van der Waals surface area contributed by atoms with Crippen molar-refractivity contribution in [2.45, 2.75) is 51.6 Å². The molecular formula is C11H18N2O2. The van der Waals surface area contributed by atoms with Crippen LogP contribution in [0, 0.1) is 5.92 Å². The lowest BCUT2D eigenvalue weighted by molar-refractivity contribution is 0.262. The van der Waals surface area contributed by atoms with Crippen LogP contribution in [-0.2, 0) is 13.0 Å². The molecule has 1 aromatic rings. The molecule has 1 fully saturated rings. The van der Waals surface area contributed by atoms with Crippen LogP contribution in [0.25, 0.3) is 0 Å². The molecule has 0 saturated heterocycles. The minimum Gasteiger partial charge on any atom is -0.388 e. The molecule has 15 heavy (non-hydrogen) atoms. The molecule has 1 aromatic heterocycles. The second-order valence-corrected chi connectivity index (χ2v) is 4.32. The molecule has 1 aliphatic carbocycles. The second kappa shape index (κ2) is 5.26. The molecule has 1 saturated carbocycles. The van der Waals surface area contributed by atoms with Gasteiger partial charge < -0.3 is 9.63 Å². The number of hydrogen-bond acceptors (Lipinski definition) is 4. The number of nitrogens with zero attached hydrogens (tertiary/aromatic N) is 2. The summed E-state index contributed by atoms with van der Waals surface area (Å²) in [4.78, 5) is 4.13. The Labute approximate surface area is 89.7 Å². The molecule has 0 atom stereocenters. The van der Waals surface area contributed by atoms with Gasteiger partial charge in [0.15, 0.2) is 5.82 Å². The summed E-state index contributed by atoms with van der Waals surface area (Å²) in [7, 11) is 0. The van der Waals surface area contributed by atoms with Crippen LogP contribution < -0.4 is 0 Å². The van der Waals surface area contributed by atoms with E-state index in [1.165, 1.54) is 38.5 Å². The first-order valence-corrected chi connectivity index (χ1v) is 5.81. The van der Waals surface area contributed by atoms with Crippen molar-refractivity contribution < 1.29 is 9.63 Å². The van der Waals surface area contributed by atoms with Gasteiger partial charge in [-0.25, -0.2) is 0 Å². The Balaban J connectivity index is 1.89. The summed E-state index contributed by atoms with van der Waals surface area (Å²) in [6.07, 6.45) is 8.81. The fourth-order valence-corrected chi connectivity index (χ4v) is 2.25. The van der Waals surface area contributed by atoms with Gasteiger partial charge in [0, 0.05) is 6.42 Å². The van der Waals surface area contributed by atoms with Gasteiger partial charge in [-0.2, -0.15) is 4.98 Å². The van der Waals surface area contributed by atoms with Gasteiger partial charge >= 0.3 is 0 Å². The summed E-state index contributed by atoms with van der Waals surface area (Å²) in [6, 6.07) is 0. The van der Waals surface area contributed by atoms with E-state index in [4.69, 9.17) is 9.63 Å². The average molecular weight is 210 g/mol. The zero-order valence-corrected chi connectivity index (χ0v) is 8.98. The van der Waals surface area contributed by atoms with Crippen molar-refractivity contribution in [1.82, 2.24) is 10.1 Å². The van der Waals surface area contributed by atoms with Gasteiger partial charge in [-0.1, -0.05) is 30.8 Å². The summed E-state index contributed by atoms with van der Waals surface area (Å²) in [5, 5.41) is 12.5. The topological polar surface area (TPSA) is 59.2 Å². The first kappa shape index (κ1) is 10.6. The van der Waals surface area contributed by atoms with Crippen molar-refractivity contribution >= 4 is 0 Å². The second-order valence-electron chi connectivity index (χ2n) is 4.32. The molecule has 0 bridgehead atoms. The highest BCUT2D eigenvalue weighted by Crippen LogP contribution is 2.25. The Kier molecular flexibility index (Phi) is 3.72. The van der Waals surface area contributed by atoms with Crippen LogP contribution in [0.1, 0.15) is 50.2 Å². The van der Waals surface area contributed by atoms with Crippen LogP contribution in [-0.4, -0.2) is 15.2 Å². The molecule has 4 nitrogen and oxygen atoms in total. The minimum atomic E-state index is -0.131. The molecule has 1 N–H and O–H groups in total. The van der Waals surface area contributed by atoms with Crippen molar-refractivity contribution in [3.63, 3.8) is 0 Å². The first-order valence-electron chi connectivity index (χ1n) is 5.81. The van der Waals surface area contributed by atoms with Gasteiger partial charge in [-0.15, -0.1) is 0 Å². The highest BCUT2D eigenvalue weighted by atomic mass is 16.5. The van der Waals surface area contributed by atoms with E-state index in [-0.39, 0.29) is 6.61 Å². The third kappa shape index (κ3) is 3.02. The lowest BCUT2D eigenvalue weighted by Gasteiger charge is -2.09. The van der Waals surface area contributed by atoms with Gasteiger partial charge in [-0.3, -0.25) is 0 Å². The van der Waals surface area contributed by atoms with Gasteiger partial charge in [0.05, 0.1) is 0 Å². The largest absolute Gasteiger partial charge is 0.388 e. The summed E-state index contributed by atoms with van der Waals surface area (Å²) in [5.74, 6) is 1.78. The maximum atomic E-state index is 8.82. The quantitative estimate of drug-likeness (QED) is 0.776. The number of aromatic nitrogens is 2. The molecule has 0 radical (unpaired) electrons. The number of aliphatic hydroxyl groups excluding tert-OH is 1. The molecule has 1 aliphatic rings. The highest BCUT2D eigenvalue weighted by Gasteiger charge is 2.16. The molecule has 1 heterocycles. The predicted octanol–water partition coefficient (Wildman–Crippen LogP) is 2.07. The van der Waals surface area contributed by atoms with Crippen LogP contribution in [0.5, 0.6) is 0 Å². The molecule has 0 aromatic carbocycles. The molecule has 2 rings (SSSR count). The van der Waals surface area contributed by atoms with Crippen LogP contribution in [0.15, 0.2) is 4.52 Å². The van der Waals surface area contributed by atoms with Crippen LogP contribution in [0.4, 0.5) is 0 Å². The van der Waals surface area contributed by atoms with Crippen molar-refractivity contribution in [2.24, 2.45) is 5.92 Å². The lowest BCUT2D eigenvalue weighted by Crippen LogP contribution is -2.03. The Morgan fingerprint density at radius 1 is 1.20 bits per heavy atom. The Morgan fingerprint density at radius 2 is 1.93 bits per heavy atom. The van der Waals surface area contributed by atoms with Gasteiger partial charge in [0.2, 0.25) is 5.89 Å². The summed E-state index contributed by atoms with van der Waals surface area (Å²) in [5.41, 5.74) is 0. The van der Waals surface area contributed by atoms with E-state index >= 15 is 0 Å². The normalized spacial score (nSPS) is 19.0. The maximum Gasteiger partial charge on any atom is 0.227 e. The maximum absolute atomic E-state index is 8.82. The Morgan fingerprint density at radius 3 is 2.53 bits per heavy atom. The predicted molar refractivity (Wildman–Crippen MR) is 55.1 cm³/mol. The molecule has 0 unspecified atom stereocenters. The van der Waals surface area contributed by atoms with Crippen molar-refractivity contribution in [3.8, 4) is 0 Å². The Hall–Kier alpha value is -0.900. The number of rotatable bonds is 3. The summed E-state index contributed by atoms with van der Waals surface area (Å²) >= 11 is 0. The van der Waals surface area contributed by atoms with Crippen LogP contribution in [0.2, 0.25) is 0 Å². The van der Waals surface area contributed by atoms with Crippen molar-refractivity contribution in [1.29, 1.82) is 0 Å². The minimum absolute atomic E-state index is 0.131. The molecule has 0 amide bonds. The monoisotopic (exact) mass is 210 g/mol. The van der Waals surface area contributed by atoms with Gasteiger partial charge in [0.1, 0.15) is 6.61 Å². The van der Waals surface area contributed by atoms with Gasteiger partial charge in [0.25, 0.3) is 0 Å². The molecule has 0 spiro atoms. The third-order valence-electron chi connectivity index (χ3n) is 3.09. The zero-order valence-electron chi connectivity index (χ0n) is 8.98. The molecular weight excluding hydrogens is 192 g/mol. The lowest BCUT2D eigenvalue weighted by atomic mass is 9.97. The van der Waals surface area contributed by atoms with E-state index < -0.39 is 0 Å². The smallest absolute Gasteiger partial charge is 0.227 e. The van der Waals surface area contributed by atoms with E-state index in [1.807, 2.05) is 0 Å². The standard InChI is InChI=1S/C11H18N2O2/c14-8-10-12-11(15-13-10)7-9-5-3-1-2-4-6-9/h9,14H,1-8H2. The fraction of sp³-hybridized carbons (Fsp3) is 0.818. The first-order chi connectivity index (χ1) is 7.38. The SMILES string of the molecule is OCc1noc(CC2CCCCCC2)n1. The highest BCUT2D eigenvalue weighted by molar-refractivity contribution is 4.86. The van der Waals surface area contributed by atoms with E-state index in [9.17, 15) is 0 Å². The van der Waals surface area contributed by atoms with Gasteiger partial charge in [-0.05, 0) is 18.8 Å². The molecule has 0 aliphatic heterocycles. The van der Waals surface area contributed by atoms with Crippen molar-refractivity contribution in [2.75, 3.05) is 0 Å². The fourth-order valence-electron chi connectivity index (χ4n) is 2.25. The van der Waals surface area contributed by atoms with E-state index in [0.717, 1.165) is 6.42 Å². The van der Waals surface area contributed by atoms with Crippen LogP contribution >= 0.6 is 0 Å². The Bertz CT molecular complexity index is 291.